The molecule has 0 atom stereocenters. The van der Waals surface area contributed by atoms with Crippen LogP contribution in [0.1, 0.15) is 16.1 Å². The van der Waals surface area contributed by atoms with Crippen molar-refractivity contribution < 1.29 is 9.90 Å². The molecule has 3 rings (SSSR count). The van der Waals surface area contributed by atoms with Crippen molar-refractivity contribution in [3.05, 3.63) is 44.4 Å². The number of imidazole rings is 1. The number of amides is 1. The maximum atomic E-state index is 12.0. The zero-order valence-electron chi connectivity index (χ0n) is 10.9. The first kappa shape index (κ1) is 13.5. The van der Waals surface area contributed by atoms with Crippen LogP contribution >= 0.6 is 0 Å². The van der Waals surface area contributed by atoms with E-state index in [-0.39, 0.29) is 5.95 Å². The molecule has 1 amide bonds. The van der Waals surface area contributed by atoms with E-state index in [1.54, 1.807) is 6.08 Å². The molecule has 112 valence electrons. The molecule has 0 spiro atoms. The molecule has 0 unspecified atom stereocenters. The van der Waals surface area contributed by atoms with E-state index in [1.807, 2.05) is 9.97 Å². The molecule has 5 N–H and O–H groups in total. The predicted molar refractivity (Wildman–Crippen MR) is 73.6 cm³/mol. The Hall–Kier alpha value is -3.50. The van der Waals surface area contributed by atoms with Crippen molar-refractivity contribution in [2.75, 3.05) is 11.9 Å². The summed E-state index contributed by atoms with van der Waals surface area (Å²) in [6.45, 7) is 0.469. The Labute approximate surface area is 120 Å². The van der Waals surface area contributed by atoms with Crippen molar-refractivity contribution in [3.8, 4) is 5.88 Å². The van der Waals surface area contributed by atoms with Crippen molar-refractivity contribution in [1.82, 2.24) is 19.9 Å². The van der Waals surface area contributed by atoms with Crippen LogP contribution in [0.25, 0.3) is 5.70 Å². The van der Waals surface area contributed by atoms with Gasteiger partial charge in [0.15, 0.2) is 5.56 Å². The quantitative estimate of drug-likeness (QED) is 0.516. The van der Waals surface area contributed by atoms with Gasteiger partial charge in [-0.05, 0) is 6.08 Å². The second kappa shape index (κ2) is 5.12. The lowest BCUT2D eigenvalue weighted by Gasteiger charge is -2.02. The number of H-pyrrole nitrogens is 3. The van der Waals surface area contributed by atoms with Gasteiger partial charge < -0.3 is 10.1 Å². The summed E-state index contributed by atoms with van der Waals surface area (Å²) in [5, 5.41) is 19.4. The summed E-state index contributed by atoms with van der Waals surface area (Å²) < 4.78 is 0. The highest BCUT2D eigenvalue weighted by atomic mass is 16.3. The number of hydrogen-bond donors (Lipinski definition) is 5. The van der Waals surface area contributed by atoms with Crippen molar-refractivity contribution in [2.45, 2.75) is 0 Å². The average molecular weight is 303 g/mol. The van der Waals surface area contributed by atoms with Crippen molar-refractivity contribution in [3.63, 3.8) is 0 Å². The standard InChI is InChI=1S/C11H9N7O4/c19-7(6-8(20)16-11(22)17-9(6)21)15-10-12-3-5(14-10)4-1-2-13-18-4/h1,3H,2H2,(H2,12,14,15,19)(H3,16,17,20,21,22). The van der Waals surface area contributed by atoms with Crippen molar-refractivity contribution >= 4 is 17.6 Å². The first-order chi connectivity index (χ1) is 10.5. The average Bonchev–Trinajstić information content (AvgIpc) is 3.07. The van der Waals surface area contributed by atoms with Gasteiger partial charge in [0.2, 0.25) is 11.8 Å². The highest BCUT2D eigenvalue weighted by Crippen LogP contribution is 2.19. The smallest absolute Gasteiger partial charge is 0.328 e. The van der Waals surface area contributed by atoms with Crippen LogP contribution in [0.5, 0.6) is 5.88 Å². The third-order valence-electron chi connectivity index (χ3n) is 2.78. The highest BCUT2D eigenvalue weighted by Gasteiger charge is 2.19. The van der Waals surface area contributed by atoms with E-state index in [9.17, 15) is 19.5 Å². The van der Waals surface area contributed by atoms with Gasteiger partial charge >= 0.3 is 5.69 Å². The summed E-state index contributed by atoms with van der Waals surface area (Å²) in [5.41, 5.74) is -1.44. The molecule has 11 nitrogen and oxygen atoms in total. The minimum Gasteiger partial charge on any atom is -0.494 e. The number of hydrogen-bond acceptors (Lipinski definition) is 7. The molecular formula is C11H9N7O4. The number of aromatic nitrogens is 4. The largest absolute Gasteiger partial charge is 0.494 e. The Morgan fingerprint density at radius 2 is 2.09 bits per heavy atom. The van der Waals surface area contributed by atoms with E-state index in [2.05, 4.69) is 25.5 Å². The molecule has 0 fully saturated rings. The second-order valence-corrected chi connectivity index (χ2v) is 4.24. The number of azo groups is 1. The topological polar surface area (TPSA) is 168 Å². The SMILES string of the molecule is O=C(Nc1ncc(C2=CCN=N2)[nH]1)c1c(O)[nH]c(=O)[nH]c1=O. The highest BCUT2D eigenvalue weighted by molar-refractivity contribution is 6.04. The first-order valence-corrected chi connectivity index (χ1v) is 6.04. The fourth-order valence-electron chi connectivity index (χ4n) is 1.82. The molecule has 22 heavy (non-hydrogen) atoms. The fraction of sp³-hybridized carbons (Fsp3) is 0.0909. The summed E-state index contributed by atoms with van der Waals surface area (Å²) in [6.07, 6.45) is 3.19. The van der Waals surface area contributed by atoms with E-state index < -0.39 is 28.6 Å². The van der Waals surface area contributed by atoms with Gasteiger partial charge in [-0.2, -0.15) is 10.2 Å². The third-order valence-corrected chi connectivity index (χ3v) is 2.78. The van der Waals surface area contributed by atoms with Crippen LogP contribution in [0.15, 0.2) is 32.1 Å². The van der Waals surface area contributed by atoms with Gasteiger partial charge in [-0.3, -0.25) is 24.9 Å². The lowest BCUT2D eigenvalue weighted by molar-refractivity contribution is 0.102. The first-order valence-electron chi connectivity index (χ1n) is 6.04. The molecule has 0 saturated carbocycles. The third kappa shape index (κ3) is 2.42. The van der Waals surface area contributed by atoms with Crippen molar-refractivity contribution in [2.24, 2.45) is 10.2 Å². The van der Waals surface area contributed by atoms with Gasteiger partial charge in [-0.15, -0.1) is 0 Å². The number of carbonyl (C=O) groups excluding carboxylic acids is 1. The lowest BCUT2D eigenvalue weighted by atomic mass is 10.3. The Balaban J connectivity index is 1.85. The molecular weight excluding hydrogens is 294 g/mol. The normalized spacial score (nSPS) is 13.2. The summed E-state index contributed by atoms with van der Waals surface area (Å²) >= 11 is 0. The maximum absolute atomic E-state index is 12.0. The van der Waals surface area contributed by atoms with Gasteiger partial charge in [-0.25, -0.2) is 9.78 Å². The zero-order valence-corrected chi connectivity index (χ0v) is 10.9. The second-order valence-electron chi connectivity index (χ2n) is 4.24. The molecule has 0 aromatic carbocycles. The number of anilines is 1. The van der Waals surface area contributed by atoms with Crippen molar-refractivity contribution in [1.29, 1.82) is 0 Å². The minimum atomic E-state index is -1.02. The Kier molecular flexibility index (Phi) is 3.14. The summed E-state index contributed by atoms with van der Waals surface area (Å²) in [6, 6.07) is 0. The van der Waals surface area contributed by atoms with Gasteiger partial charge in [-0.1, -0.05) is 0 Å². The molecule has 0 radical (unpaired) electrons. The minimum absolute atomic E-state index is 0.0491. The number of aromatic amines is 3. The Morgan fingerprint density at radius 1 is 1.27 bits per heavy atom. The molecule has 11 heteroatoms. The Morgan fingerprint density at radius 3 is 2.77 bits per heavy atom. The van der Waals surface area contributed by atoms with Crippen LogP contribution in [0.3, 0.4) is 0 Å². The molecule has 0 aliphatic carbocycles. The van der Waals surface area contributed by atoms with E-state index in [0.717, 1.165) is 0 Å². The number of nitrogens with zero attached hydrogens (tertiary/aromatic N) is 3. The zero-order chi connectivity index (χ0) is 15.7. The van der Waals surface area contributed by atoms with E-state index in [0.29, 0.717) is 17.9 Å². The molecule has 1 aliphatic heterocycles. The molecule has 0 saturated heterocycles. The summed E-state index contributed by atoms with van der Waals surface area (Å²) in [4.78, 5) is 44.9. The number of aromatic hydroxyl groups is 1. The van der Waals surface area contributed by atoms with Crippen LogP contribution in [-0.2, 0) is 0 Å². The van der Waals surface area contributed by atoms with Gasteiger partial charge in [0.05, 0.1) is 18.4 Å². The van der Waals surface area contributed by atoms with Crippen LogP contribution in [0.4, 0.5) is 5.95 Å². The molecule has 0 bridgehead atoms. The van der Waals surface area contributed by atoms with Crippen LogP contribution < -0.4 is 16.6 Å². The van der Waals surface area contributed by atoms with Gasteiger partial charge in [0.1, 0.15) is 5.70 Å². The van der Waals surface area contributed by atoms with Crippen LogP contribution in [0, 0.1) is 0 Å². The van der Waals surface area contributed by atoms with Gasteiger partial charge in [0, 0.05) is 0 Å². The number of carbonyl (C=O) groups is 1. The molecule has 3 heterocycles. The number of nitrogens with one attached hydrogen (secondary N) is 4. The van der Waals surface area contributed by atoms with E-state index >= 15 is 0 Å². The summed E-state index contributed by atoms with van der Waals surface area (Å²) in [5.74, 6) is -1.71. The maximum Gasteiger partial charge on any atom is 0.328 e. The van der Waals surface area contributed by atoms with E-state index in [1.165, 1.54) is 6.20 Å². The summed E-state index contributed by atoms with van der Waals surface area (Å²) in [7, 11) is 0. The lowest BCUT2D eigenvalue weighted by Crippen LogP contribution is -2.30. The van der Waals surface area contributed by atoms with Crippen LogP contribution in [0.2, 0.25) is 0 Å². The van der Waals surface area contributed by atoms with Gasteiger partial charge in [0.25, 0.3) is 11.5 Å². The van der Waals surface area contributed by atoms with E-state index in [4.69, 9.17) is 0 Å². The monoisotopic (exact) mass is 303 g/mol. The molecule has 1 aliphatic rings. The predicted octanol–water partition coefficient (Wildman–Crippen LogP) is -0.449. The Bertz CT molecular complexity index is 917. The molecule has 2 aromatic rings. The fourth-order valence-corrected chi connectivity index (χ4v) is 1.82. The molecule has 2 aromatic heterocycles. The van der Waals surface area contributed by atoms with Crippen LogP contribution in [-0.4, -0.2) is 37.5 Å². The number of rotatable bonds is 3.